The normalized spacial score (nSPS) is 24.2. The summed E-state index contributed by atoms with van der Waals surface area (Å²) in [7, 11) is 0. The van der Waals surface area contributed by atoms with Crippen LogP contribution in [0, 0.1) is 6.92 Å². The van der Waals surface area contributed by atoms with Crippen molar-refractivity contribution in [3.05, 3.63) is 18.0 Å². The molecule has 1 aliphatic rings. The zero-order valence-electron chi connectivity index (χ0n) is 11.3. The first-order chi connectivity index (χ1) is 9.48. The van der Waals surface area contributed by atoms with Crippen molar-refractivity contribution >= 4 is 5.97 Å². The van der Waals surface area contributed by atoms with Crippen molar-refractivity contribution in [2.24, 2.45) is 0 Å². The lowest BCUT2D eigenvalue weighted by molar-refractivity contribution is -0.573. The van der Waals surface area contributed by atoms with Gasteiger partial charge in [0.15, 0.2) is 0 Å². The van der Waals surface area contributed by atoms with E-state index in [0.29, 0.717) is 10.2 Å². The van der Waals surface area contributed by atoms with Crippen LogP contribution in [0.25, 0.3) is 0 Å². The first kappa shape index (κ1) is 15.8. The van der Waals surface area contributed by atoms with Crippen LogP contribution in [0.5, 0.6) is 0 Å². The van der Waals surface area contributed by atoms with Gasteiger partial charge in [-0.3, -0.25) is 0 Å². The number of aryl methyl sites for hydroxylation is 1. The summed E-state index contributed by atoms with van der Waals surface area (Å²) in [6.07, 6.45) is 2.29. The van der Waals surface area contributed by atoms with Crippen molar-refractivity contribution in [3.63, 3.8) is 0 Å². The summed E-state index contributed by atoms with van der Waals surface area (Å²) in [6, 6.07) is 0. The fourth-order valence-electron chi connectivity index (χ4n) is 2.46. The SMILES string of the molecule is CCOC(=O)C1(n2cc(C)cn2)C(O)(O)C(O)(O)C1(O)O. The van der Waals surface area contributed by atoms with Crippen LogP contribution in [0.1, 0.15) is 12.5 Å². The molecule has 0 saturated heterocycles. The number of carbonyl (C=O) groups is 1. The highest BCUT2D eigenvalue weighted by Gasteiger charge is 2.95. The van der Waals surface area contributed by atoms with Gasteiger partial charge in [0, 0.05) is 6.20 Å². The zero-order chi connectivity index (χ0) is 16.3. The van der Waals surface area contributed by atoms with Crippen molar-refractivity contribution in [3.8, 4) is 0 Å². The van der Waals surface area contributed by atoms with Crippen LogP contribution in [0.15, 0.2) is 12.4 Å². The fraction of sp³-hybridized carbons (Fsp3) is 0.636. The minimum atomic E-state index is -3.80. The Balaban J connectivity index is 2.72. The van der Waals surface area contributed by atoms with Gasteiger partial charge in [0.1, 0.15) is 0 Å². The second-order valence-corrected chi connectivity index (χ2v) is 4.91. The summed E-state index contributed by atoms with van der Waals surface area (Å²) >= 11 is 0. The number of aliphatic hydroxyl groups is 6. The van der Waals surface area contributed by atoms with Gasteiger partial charge < -0.3 is 35.4 Å². The molecule has 0 radical (unpaired) electrons. The third-order valence-corrected chi connectivity index (χ3v) is 3.61. The van der Waals surface area contributed by atoms with E-state index in [2.05, 4.69) is 9.84 Å². The third-order valence-electron chi connectivity index (χ3n) is 3.61. The predicted molar refractivity (Wildman–Crippen MR) is 63.1 cm³/mol. The molecule has 0 amide bonds. The molecule has 1 aromatic heterocycles. The number of esters is 1. The molecule has 1 aromatic rings. The Morgan fingerprint density at radius 1 is 1.19 bits per heavy atom. The standard InChI is InChI=1S/C11H16N2O8/c1-3-21-7(14)8(13-5-6(2)4-12-13)9(15,16)11(19,20)10(8,17)18/h4-5,15-20H,3H2,1-2H3. The lowest BCUT2D eigenvalue weighted by atomic mass is 9.59. The molecule has 0 unspecified atom stereocenters. The van der Waals surface area contributed by atoms with Crippen molar-refractivity contribution < 1.29 is 40.2 Å². The summed E-state index contributed by atoms with van der Waals surface area (Å²) in [6.45, 7) is 2.71. The molecule has 1 aliphatic carbocycles. The Morgan fingerprint density at radius 3 is 2.10 bits per heavy atom. The number of rotatable bonds is 3. The van der Waals surface area contributed by atoms with Crippen molar-refractivity contribution in [1.29, 1.82) is 0 Å². The molecule has 0 aliphatic heterocycles. The largest absolute Gasteiger partial charge is 0.464 e. The van der Waals surface area contributed by atoms with E-state index in [9.17, 15) is 35.4 Å². The average Bonchev–Trinajstić information content (AvgIpc) is 2.75. The molecule has 0 bridgehead atoms. The second-order valence-electron chi connectivity index (χ2n) is 4.91. The molecule has 21 heavy (non-hydrogen) atoms. The van der Waals surface area contributed by atoms with Crippen molar-refractivity contribution in [2.45, 2.75) is 36.7 Å². The average molecular weight is 304 g/mol. The van der Waals surface area contributed by atoms with E-state index in [-0.39, 0.29) is 6.61 Å². The number of ether oxygens (including phenoxy) is 1. The Labute approximate surface area is 118 Å². The Hall–Kier alpha value is -1.56. The minimum absolute atomic E-state index is 0.225. The van der Waals surface area contributed by atoms with Gasteiger partial charge in [0.25, 0.3) is 22.9 Å². The summed E-state index contributed by atoms with van der Waals surface area (Å²) in [5.74, 6) is -12.6. The van der Waals surface area contributed by atoms with E-state index in [1.807, 2.05) is 0 Å². The van der Waals surface area contributed by atoms with Crippen LogP contribution < -0.4 is 0 Å². The minimum Gasteiger partial charge on any atom is -0.464 e. The number of aromatic nitrogens is 2. The number of hydrogen-bond donors (Lipinski definition) is 6. The highest BCUT2D eigenvalue weighted by Crippen LogP contribution is 2.58. The molecule has 10 nitrogen and oxygen atoms in total. The van der Waals surface area contributed by atoms with Gasteiger partial charge in [0.2, 0.25) is 0 Å². The molecule has 10 heteroatoms. The Morgan fingerprint density at radius 2 is 1.71 bits per heavy atom. The highest BCUT2D eigenvalue weighted by molar-refractivity contribution is 5.84. The van der Waals surface area contributed by atoms with Gasteiger partial charge in [-0.15, -0.1) is 0 Å². The summed E-state index contributed by atoms with van der Waals surface area (Å²) in [5, 5.41) is 62.3. The van der Waals surface area contributed by atoms with E-state index in [1.165, 1.54) is 13.1 Å². The van der Waals surface area contributed by atoms with Crippen LogP contribution in [0.2, 0.25) is 0 Å². The first-order valence-electron chi connectivity index (χ1n) is 6.01. The molecule has 2 rings (SSSR count). The maximum absolute atomic E-state index is 12.1. The molecule has 118 valence electrons. The fourth-order valence-corrected chi connectivity index (χ4v) is 2.46. The number of nitrogens with zero attached hydrogens (tertiary/aromatic N) is 2. The second kappa shape index (κ2) is 4.22. The predicted octanol–water partition coefficient (Wildman–Crippen LogP) is -3.49. The topological polar surface area (TPSA) is 166 Å². The van der Waals surface area contributed by atoms with Gasteiger partial charge in [-0.1, -0.05) is 0 Å². The molecular weight excluding hydrogens is 288 g/mol. The quantitative estimate of drug-likeness (QED) is 0.245. The maximum Gasteiger partial charge on any atom is 0.346 e. The maximum atomic E-state index is 12.1. The van der Waals surface area contributed by atoms with Crippen LogP contribution in [-0.2, 0) is 15.1 Å². The molecule has 0 atom stereocenters. The van der Waals surface area contributed by atoms with Gasteiger partial charge in [0.05, 0.1) is 12.8 Å². The number of hydrogen-bond acceptors (Lipinski definition) is 9. The smallest absolute Gasteiger partial charge is 0.346 e. The van der Waals surface area contributed by atoms with Crippen LogP contribution in [-0.4, -0.2) is 70.4 Å². The van der Waals surface area contributed by atoms with Gasteiger partial charge in [-0.05, 0) is 19.4 Å². The molecule has 1 saturated carbocycles. The molecule has 0 aromatic carbocycles. The van der Waals surface area contributed by atoms with Crippen LogP contribution >= 0.6 is 0 Å². The zero-order valence-corrected chi connectivity index (χ0v) is 11.3. The Bertz CT molecular complexity index is 559. The lowest BCUT2D eigenvalue weighted by Crippen LogP contribution is -2.97. The molecule has 6 N–H and O–H groups in total. The monoisotopic (exact) mass is 304 g/mol. The van der Waals surface area contributed by atoms with Gasteiger partial charge in [-0.2, -0.15) is 5.10 Å². The van der Waals surface area contributed by atoms with E-state index in [1.54, 1.807) is 6.92 Å². The lowest BCUT2D eigenvalue weighted by Gasteiger charge is -2.64. The molecule has 1 heterocycles. The molecule has 1 fully saturated rings. The molecule has 0 spiro atoms. The van der Waals surface area contributed by atoms with Gasteiger partial charge >= 0.3 is 5.97 Å². The summed E-state index contributed by atoms with van der Waals surface area (Å²) in [5.41, 5.74) is -2.62. The number of carbonyl (C=O) groups excluding carboxylic acids is 1. The van der Waals surface area contributed by atoms with Crippen molar-refractivity contribution in [1.82, 2.24) is 9.78 Å². The van der Waals surface area contributed by atoms with Crippen LogP contribution in [0.3, 0.4) is 0 Å². The third kappa shape index (κ3) is 1.46. The van der Waals surface area contributed by atoms with E-state index < -0.39 is 28.9 Å². The Kier molecular flexibility index (Phi) is 3.18. The van der Waals surface area contributed by atoms with E-state index in [0.717, 1.165) is 6.20 Å². The van der Waals surface area contributed by atoms with E-state index >= 15 is 0 Å². The highest BCUT2D eigenvalue weighted by atomic mass is 16.7. The van der Waals surface area contributed by atoms with Gasteiger partial charge in [-0.25, -0.2) is 9.48 Å². The summed E-state index contributed by atoms with van der Waals surface area (Å²) in [4.78, 5) is 12.1. The van der Waals surface area contributed by atoms with E-state index in [4.69, 9.17) is 0 Å². The van der Waals surface area contributed by atoms with Crippen molar-refractivity contribution in [2.75, 3.05) is 6.61 Å². The first-order valence-corrected chi connectivity index (χ1v) is 6.01. The summed E-state index contributed by atoms with van der Waals surface area (Å²) < 4.78 is 5.13. The van der Waals surface area contributed by atoms with Crippen LogP contribution in [0.4, 0.5) is 0 Å². The molecular formula is C11H16N2O8.